The van der Waals surface area contributed by atoms with Crippen LogP contribution >= 0.6 is 11.3 Å². The molecular formula is C21H24N6O3S. The van der Waals surface area contributed by atoms with E-state index in [1.54, 1.807) is 7.11 Å². The van der Waals surface area contributed by atoms with E-state index < -0.39 is 0 Å². The van der Waals surface area contributed by atoms with Crippen molar-refractivity contribution in [3.05, 3.63) is 53.2 Å². The first-order valence-corrected chi connectivity index (χ1v) is 10.7. The number of hydrogen-bond donors (Lipinski definition) is 2. The summed E-state index contributed by atoms with van der Waals surface area (Å²) in [5, 5.41) is 15.8. The summed E-state index contributed by atoms with van der Waals surface area (Å²) in [4.78, 5) is 19.2. The summed E-state index contributed by atoms with van der Waals surface area (Å²) in [6.45, 7) is 4.00. The highest BCUT2D eigenvalue weighted by Gasteiger charge is 2.24. The molecule has 1 unspecified atom stereocenters. The maximum Gasteiger partial charge on any atom is 0.238 e. The second-order valence-corrected chi connectivity index (χ2v) is 8.25. The zero-order valence-electron chi connectivity index (χ0n) is 17.4. The number of aromatic nitrogens is 3. The van der Waals surface area contributed by atoms with Crippen LogP contribution in [-0.2, 0) is 9.53 Å². The van der Waals surface area contributed by atoms with Crippen molar-refractivity contribution in [3.8, 4) is 5.75 Å². The Labute approximate surface area is 184 Å². The molecule has 1 amide bonds. The Morgan fingerprint density at radius 1 is 1.26 bits per heavy atom. The number of ether oxygens (including phenoxy) is 2. The molecule has 9 nitrogen and oxygen atoms in total. The van der Waals surface area contributed by atoms with Gasteiger partial charge in [0, 0.05) is 18.8 Å². The van der Waals surface area contributed by atoms with Crippen molar-refractivity contribution in [2.45, 2.75) is 13.0 Å². The third kappa shape index (κ3) is 5.75. The Balaban J connectivity index is 1.34. The Hall–Kier alpha value is -3.08. The van der Waals surface area contributed by atoms with Crippen molar-refractivity contribution < 1.29 is 14.3 Å². The molecule has 0 bridgehead atoms. The Morgan fingerprint density at radius 3 is 2.84 bits per heavy atom. The van der Waals surface area contributed by atoms with Crippen molar-refractivity contribution in [1.82, 2.24) is 20.1 Å². The predicted molar refractivity (Wildman–Crippen MR) is 119 cm³/mol. The van der Waals surface area contributed by atoms with Crippen LogP contribution in [0.25, 0.3) is 0 Å². The van der Waals surface area contributed by atoms with Gasteiger partial charge in [0.15, 0.2) is 0 Å². The third-order valence-corrected chi connectivity index (χ3v) is 5.51. The van der Waals surface area contributed by atoms with Crippen LogP contribution in [0.15, 0.2) is 42.5 Å². The van der Waals surface area contributed by atoms with Crippen molar-refractivity contribution >= 4 is 33.9 Å². The Morgan fingerprint density at radius 2 is 2.10 bits per heavy atom. The van der Waals surface area contributed by atoms with Gasteiger partial charge in [0.05, 0.1) is 26.0 Å². The molecule has 0 spiro atoms. The van der Waals surface area contributed by atoms with Crippen molar-refractivity contribution in [2.24, 2.45) is 0 Å². The van der Waals surface area contributed by atoms with Crippen LogP contribution in [0.4, 0.5) is 16.6 Å². The van der Waals surface area contributed by atoms with Crippen LogP contribution in [0.1, 0.15) is 16.8 Å². The lowest BCUT2D eigenvalue weighted by Crippen LogP contribution is -2.42. The summed E-state index contributed by atoms with van der Waals surface area (Å²) in [6, 6.07) is 13.0. The van der Waals surface area contributed by atoms with Gasteiger partial charge in [-0.25, -0.2) is 4.98 Å². The fourth-order valence-electron chi connectivity index (χ4n) is 3.26. The number of amides is 1. The number of carbonyl (C=O) groups excluding carboxylic acids is 1. The second kappa shape index (κ2) is 9.82. The highest BCUT2D eigenvalue weighted by molar-refractivity contribution is 7.15. The van der Waals surface area contributed by atoms with Gasteiger partial charge in [-0.2, -0.15) is 0 Å². The molecule has 3 heterocycles. The van der Waals surface area contributed by atoms with Crippen LogP contribution in [0.2, 0.25) is 0 Å². The minimum Gasteiger partial charge on any atom is -0.497 e. The number of nitrogens with zero attached hydrogens (tertiary/aromatic N) is 4. The van der Waals surface area contributed by atoms with E-state index in [1.807, 2.05) is 49.4 Å². The van der Waals surface area contributed by atoms with E-state index in [-0.39, 0.29) is 18.6 Å². The molecule has 2 aromatic heterocycles. The number of carbonyl (C=O) groups is 1. The zero-order valence-corrected chi connectivity index (χ0v) is 18.2. The summed E-state index contributed by atoms with van der Waals surface area (Å²) in [5.41, 5.74) is 1.55. The fraction of sp³-hybridized carbons (Fsp3) is 0.333. The summed E-state index contributed by atoms with van der Waals surface area (Å²) in [7, 11) is 1.61. The molecule has 4 rings (SSSR count). The SMILES string of the molecule is COc1ccc(NC(=O)CN2CCOC(c3cccc(Nc4nnc(C)s4)n3)C2)cc1. The summed E-state index contributed by atoms with van der Waals surface area (Å²) in [5.74, 6) is 1.37. The number of morpholine rings is 1. The lowest BCUT2D eigenvalue weighted by atomic mass is 10.2. The normalized spacial score (nSPS) is 16.6. The lowest BCUT2D eigenvalue weighted by molar-refractivity contribution is -0.119. The van der Waals surface area contributed by atoms with Gasteiger partial charge in [0.2, 0.25) is 11.0 Å². The van der Waals surface area contributed by atoms with Crippen LogP contribution in [-0.4, -0.2) is 59.3 Å². The van der Waals surface area contributed by atoms with Gasteiger partial charge < -0.3 is 20.1 Å². The van der Waals surface area contributed by atoms with E-state index >= 15 is 0 Å². The molecule has 0 saturated carbocycles. The average molecular weight is 441 g/mol. The van der Waals surface area contributed by atoms with E-state index in [4.69, 9.17) is 9.47 Å². The lowest BCUT2D eigenvalue weighted by Gasteiger charge is -2.32. The maximum absolute atomic E-state index is 12.5. The first-order chi connectivity index (χ1) is 15.1. The number of hydrogen-bond acceptors (Lipinski definition) is 9. The van der Waals surface area contributed by atoms with Crippen molar-refractivity contribution in [3.63, 3.8) is 0 Å². The molecule has 3 aromatic rings. The molecule has 10 heteroatoms. The number of rotatable bonds is 7. The van der Waals surface area contributed by atoms with Gasteiger partial charge in [0.1, 0.15) is 22.7 Å². The molecule has 0 aliphatic carbocycles. The van der Waals surface area contributed by atoms with Gasteiger partial charge in [-0.15, -0.1) is 10.2 Å². The molecule has 1 saturated heterocycles. The molecule has 1 aromatic carbocycles. The van der Waals surface area contributed by atoms with E-state index in [9.17, 15) is 4.79 Å². The topological polar surface area (TPSA) is 102 Å². The number of aryl methyl sites for hydroxylation is 1. The van der Waals surface area contributed by atoms with Gasteiger partial charge in [-0.05, 0) is 43.3 Å². The van der Waals surface area contributed by atoms with Gasteiger partial charge in [-0.3, -0.25) is 9.69 Å². The molecule has 1 atom stereocenters. The predicted octanol–water partition coefficient (Wildman–Crippen LogP) is 3.01. The van der Waals surface area contributed by atoms with Crippen LogP contribution < -0.4 is 15.4 Å². The molecule has 1 fully saturated rings. The smallest absolute Gasteiger partial charge is 0.238 e. The van der Waals surface area contributed by atoms with Crippen molar-refractivity contribution in [1.29, 1.82) is 0 Å². The van der Waals surface area contributed by atoms with Crippen molar-refractivity contribution in [2.75, 3.05) is 44.0 Å². The molecule has 1 aliphatic heterocycles. The van der Waals surface area contributed by atoms with E-state index in [2.05, 4.69) is 30.7 Å². The average Bonchev–Trinajstić information content (AvgIpc) is 3.19. The monoisotopic (exact) mass is 440 g/mol. The quantitative estimate of drug-likeness (QED) is 0.578. The second-order valence-electron chi connectivity index (χ2n) is 7.07. The first-order valence-electron chi connectivity index (χ1n) is 9.91. The minimum absolute atomic E-state index is 0.0687. The number of pyridine rings is 1. The molecule has 162 valence electrons. The third-order valence-electron chi connectivity index (χ3n) is 4.75. The number of benzene rings is 1. The summed E-state index contributed by atoms with van der Waals surface area (Å²) in [6.07, 6.45) is -0.208. The molecule has 2 N–H and O–H groups in total. The summed E-state index contributed by atoms with van der Waals surface area (Å²) >= 11 is 1.47. The minimum atomic E-state index is -0.208. The van der Waals surface area contributed by atoms with E-state index in [0.29, 0.717) is 30.6 Å². The molecule has 31 heavy (non-hydrogen) atoms. The van der Waals surface area contributed by atoms with Crippen LogP contribution in [0.3, 0.4) is 0 Å². The van der Waals surface area contributed by atoms with E-state index in [1.165, 1.54) is 11.3 Å². The highest BCUT2D eigenvalue weighted by atomic mass is 32.1. The Bertz CT molecular complexity index is 1030. The molecule has 0 radical (unpaired) electrons. The molecule has 1 aliphatic rings. The fourth-order valence-corrected chi connectivity index (χ4v) is 3.86. The number of methoxy groups -OCH3 is 1. The number of anilines is 3. The van der Waals surface area contributed by atoms with Crippen LogP contribution in [0, 0.1) is 6.92 Å². The van der Waals surface area contributed by atoms with E-state index in [0.717, 1.165) is 22.1 Å². The van der Waals surface area contributed by atoms with Gasteiger partial charge in [0.25, 0.3) is 0 Å². The van der Waals surface area contributed by atoms with Gasteiger partial charge >= 0.3 is 0 Å². The standard InChI is InChI=1S/C21H24N6O3S/c1-14-25-26-21(31-14)24-19-5-3-4-17(23-19)18-12-27(10-11-30-18)13-20(28)22-15-6-8-16(29-2)9-7-15/h3-9,18H,10-13H2,1-2H3,(H,22,28)(H,23,24,26). The first kappa shape index (κ1) is 21.2. The summed E-state index contributed by atoms with van der Waals surface area (Å²) < 4.78 is 11.1. The number of nitrogens with one attached hydrogen (secondary N) is 2. The Kier molecular flexibility index (Phi) is 6.70. The van der Waals surface area contributed by atoms with Crippen LogP contribution in [0.5, 0.6) is 5.75 Å². The molecular weight excluding hydrogens is 416 g/mol. The largest absolute Gasteiger partial charge is 0.497 e. The van der Waals surface area contributed by atoms with Gasteiger partial charge in [-0.1, -0.05) is 17.4 Å². The maximum atomic E-state index is 12.5. The zero-order chi connectivity index (χ0) is 21.6. The highest BCUT2D eigenvalue weighted by Crippen LogP contribution is 2.24.